The molecule has 0 saturated heterocycles. The van der Waals surface area contributed by atoms with E-state index in [-0.39, 0.29) is 16.7 Å². The predicted octanol–water partition coefficient (Wildman–Crippen LogP) is 9.45. The second kappa shape index (κ2) is 13.9. The van der Waals surface area contributed by atoms with Gasteiger partial charge in [-0.3, -0.25) is 4.79 Å². The molecule has 0 unspecified atom stereocenters. The van der Waals surface area contributed by atoms with Crippen LogP contribution in [0.3, 0.4) is 0 Å². The zero-order valence-electron chi connectivity index (χ0n) is 21.4. The van der Waals surface area contributed by atoms with Crippen molar-refractivity contribution in [2.75, 3.05) is 0 Å². The minimum Gasteiger partial charge on any atom is -0.422 e. The van der Waals surface area contributed by atoms with Gasteiger partial charge in [0.2, 0.25) is 5.82 Å². The second-order valence-corrected chi connectivity index (χ2v) is 10.3. The smallest absolute Gasteiger partial charge is 0.314 e. The Morgan fingerprint density at radius 3 is 2.20 bits per heavy atom. The Balaban J connectivity index is 1.67. The maximum atomic E-state index is 15.2. The molecule has 3 rings (SSSR count). The molecule has 2 aromatic rings. The van der Waals surface area contributed by atoms with Crippen LogP contribution in [-0.2, 0) is 11.2 Å². The molecule has 0 N–H and O–H groups in total. The normalized spacial score (nSPS) is 18.2. The SMILES string of the molecule is CCCCCCCCc1ccc2c(OC(=O)C3CCC(CCCCC)CC3)c(F)c(F)cc2c1F. The van der Waals surface area contributed by atoms with Gasteiger partial charge < -0.3 is 4.74 Å². The molecule has 0 aromatic heterocycles. The topological polar surface area (TPSA) is 26.3 Å². The third kappa shape index (κ3) is 7.47. The molecule has 0 spiro atoms. The molecule has 1 fully saturated rings. The minimum atomic E-state index is -1.23. The van der Waals surface area contributed by atoms with E-state index in [9.17, 15) is 13.6 Å². The number of carbonyl (C=O) groups excluding carboxylic acids is 1. The van der Waals surface area contributed by atoms with Crippen molar-refractivity contribution in [2.45, 2.75) is 110 Å². The highest BCUT2D eigenvalue weighted by Gasteiger charge is 2.29. The summed E-state index contributed by atoms with van der Waals surface area (Å²) in [5.74, 6) is -3.72. The Labute approximate surface area is 208 Å². The Kier molecular flexibility index (Phi) is 10.9. The first-order valence-corrected chi connectivity index (χ1v) is 13.8. The van der Waals surface area contributed by atoms with Crippen LogP contribution in [0.2, 0.25) is 0 Å². The molecule has 0 bridgehead atoms. The number of hydrogen-bond donors (Lipinski definition) is 0. The van der Waals surface area contributed by atoms with Gasteiger partial charge >= 0.3 is 5.97 Å². The molecule has 2 nitrogen and oxygen atoms in total. The van der Waals surface area contributed by atoms with Crippen molar-refractivity contribution in [3.8, 4) is 5.75 Å². The number of halogens is 3. The summed E-state index contributed by atoms with van der Waals surface area (Å²) in [4.78, 5) is 12.8. The van der Waals surface area contributed by atoms with Gasteiger partial charge in [-0.2, -0.15) is 4.39 Å². The van der Waals surface area contributed by atoms with Gasteiger partial charge in [-0.1, -0.05) is 83.8 Å². The predicted molar refractivity (Wildman–Crippen MR) is 136 cm³/mol. The van der Waals surface area contributed by atoms with E-state index >= 15 is 4.39 Å². The van der Waals surface area contributed by atoms with Crippen molar-refractivity contribution < 1.29 is 22.7 Å². The van der Waals surface area contributed by atoms with Gasteiger partial charge in [-0.25, -0.2) is 8.78 Å². The average Bonchev–Trinajstić information content (AvgIpc) is 2.86. The van der Waals surface area contributed by atoms with Crippen LogP contribution < -0.4 is 4.74 Å². The number of rotatable bonds is 13. The number of aryl methyl sites for hydroxylation is 1. The van der Waals surface area contributed by atoms with Crippen LogP contribution in [0.15, 0.2) is 18.2 Å². The number of hydrogen-bond acceptors (Lipinski definition) is 2. The van der Waals surface area contributed by atoms with Gasteiger partial charge in [0.1, 0.15) is 5.82 Å². The first-order chi connectivity index (χ1) is 17.0. The molecule has 5 heteroatoms. The van der Waals surface area contributed by atoms with Crippen molar-refractivity contribution in [1.82, 2.24) is 0 Å². The highest BCUT2D eigenvalue weighted by molar-refractivity contribution is 5.92. The lowest BCUT2D eigenvalue weighted by Gasteiger charge is -2.27. The van der Waals surface area contributed by atoms with E-state index in [0.717, 1.165) is 38.2 Å². The van der Waals surface area contributed by atoms with E-state index in [1.54, 1.807) is 12.1 Å². The minimum absolute atomic E-state index is 0.0326. The Morgan fingerprint density at radius 2 is 1.49 bits per heavy atom. The molecule has 0 atom stereocenters. The van der Waals surface area contributed by atoms with Gasteiger partial charge in [-0.15, -0.1) is 0 Å². The van der Waals surface area contributed by atoms with Gasteiger partial charge in [0.05, 0.1) is 5.92 Å². The maximum Gasteiger partial charge on any atom is 0.314 e. The lowest BCUT2D eigenvalue weighted by atomic mass is 9.80. The number of ether oxygens (including phenoxy) is 1. The van der Waals surface area contributed by atoms with Crippen molar-refractivity contribution >= 4 is 16.7 Å². The summed E-state index contributed by atoms with van der Waals surface area (Å²) in [6.45, 7) is 4.35. The van der Waals surface area contributed by atoms with E-state index in [1.165, 1.54) is 44.9 Å². The third-order valence-corrected chi connectivity index (χ3v) is 7.58. The number of benzene rings is 2. The van der Waals surface area contributed by atoms with Crippen LogP contribution in [0, 0.1) is 29.3 Å². The molecule has 1 aliphatic carbocycles. The van der Waals surface area contributed by atoms with Crippen LogP contribution in [0.5, 0.6) is 5.75 Å². The van der Waals surface area contributed by atoms with Gasteiger partial charge in [0.15, 0.2) is 11.6 Å². The molecule has 194 valence electrons. The van der Waals surface area contributed by atoms with Crippen LogP contribution in [0.4, 0.5) is 13.2 Å². The lowest BCUT2D eigenvalue weighted by Crippen LogP contribution is -2.26. The van der Waals surface area contributed by atoms with Gasteiger partial charge in [0.25, 0.3) is 0 Å². The Bertz CT molecular complexity index is 964. The molecule has 0 amide bonds. The van der Waals surface area contributed by atoms with E-state index in [4.69, 9.17) is 4.74 Å². The maximum absolute atomic E-state index is 15.2. The van der Waals surface area contributed by atoms with Crippen molar-refractivity contribution in [3.05, 3.63) is 41.2 Å². The summed E-state index contributed by atoms with van der Waals surface area (Å²) < 4.78 is 49.8. The largest absolute Gasteiger partial charge is 0.422 e. The Morgan fingerprint density at radius 1 is 0.829 bits per heavy atom. The zero-order chi connectivity index (χ0) is 25.2. The third-order valence-electron chi connectivity index (χ3n) is 7.58. The molecule has 0 heterocycles. The molecule has 1 aliphatic rings. The van der Waals surface area contributed by atoms with E-state index in [2.05, 4.69) is 13.8 Å². The molecule has 35 heavy (non-hydrogen) atoms. The average molecular weight is 491 g/mol. The summed E-state index contributed by atoms with van der Waals surface area (Å²) in [6, 6.07) is 4.05. The van der Waals surface area contributed by atoms with Crippen molar-refractivity contribution in [2.24, 2.45) is 11.8 Å². The van der Waals surface area contributed by atoms with E-state index in [0.29, 0.717) is 30.7 Å². The summed E-state index contributed by atoms with van der Waals surface area (Å²) in [5, 5.41) is 0.0736. The molecule has 0 radical (unpaired) electrons. The van der Waals surface area contributed by atoms with Gasteiger partial charge in [-0.05, 0) is 56.1 Å². The fraction of sp³-hybridized carbons (Fsp3) is 0.633. The van der Waals surface area contributed by atoms with Crippen molar-refractivity contribution in [1.29, 1.82) is 0 Å². The van der Waals surface area contributed by atoms with Crippen LogP contribution >= 0.6 is 0 Å². The number of carbonyl (C=O) groups is 1. The fourth-order valence-electron chi connectivity index (χ4n) is 5.34. The van der Waals surface area contributed by atoms with Crippen LogP contribution in [0.1, 0.15) is 109 Å². The van der Waals surface area contributed by atoms with Crippen molar-refractivity contribution in [3.63, 3.8) is 0 Å². The lowest BCUT2D eigenvalue weighted by molar-refractivity contribution is -0.140. The molecular formula is C30H41F3O2. The standard InChI is InChI=1S/C30H41F3O2/c1-3-5-7-8-9-11-13-22-18-19-24-25(27(22)32)20-26(31)28(33)29(24)35-30(34)23-16-14-21(15-17-23)12-10-6-4-2/h18-21,23H,3-17H2,1-2H3. The zero-order valence-corrected chi connectivity index (χ0v) is 21.4. The Hall–Kier alpha value is -2.04. The summed E-state index contributed by atoms with van der Waals surface area (Å²) in [5.41, 5.74) is 0.484. The van der Waals surface area contributed by atoms with Crippen LogP contribution in [0.25, 0.3) is 10.8 Å². The molecule has 1 saturated carbocycles. The first-order valence-electron chi connectivity index (χ1n) is 13.8. The monoisotopic (exact) mass is 490 g/mol. The number of unbranched alkanes of at least 4 members (excludes halogenated alkanes) is 7. The summed E-state index contributed by atoms with van der Waals surface area (Å²) in [6.07, 6.45) is 15.2. The number of fused-ring (bicyclic) bond motifs is 1. The molecule has 2 aromatic carbocycles. The fourth-order valence-corrected chi connectivity index (χ4v) is 5.34. The molecule has 0 aliphatic heterocycles. The number of esters is 1. The highest BCUT2D eigenvalue weighted by Crippen LogP contribution is 2.37. The summed E-state index contributed by atoms with van der Waals surface area (Å²) in [7, 11) is 0. The van der Waals surface area contributed by atoms with Crippen LogP contribution in [-0.4, -0.2) is 5.97 Å². The molecular weight excluding hydrogens is 449 g/mol. The quantitative estimate of drug-likeness (QED) is 0.159. The first kappa shape index (κ1) is 27.5. The van der Waals surface area contributed by atoms with Gasteiger partial charge in [0, 0.05) is 10.8 Å². The highest BCUT2D eigenvalue weighted by atomic mass is 19.2. The van der Waals surface area contributed by atoms with E-state index in [1.807, 2.05) is 0 Å². The summed E-state index contributed by atoms with van der Waals surface area (Å²) >= 11 is 0. The second-order valence-electron chi connectivity index (χ2n) is 10.3. The van der Waals surface area contributed by atoms with E-state index < -0.39 is 29.2 Å².